The first-order chi connectivity index (χ1) is 15.1. The van der Waals surface area contributed by atoms with Crippen LogP contribution in [0.3, 0.4) is 0 Å². The van der Waals surface area contributed by atoms with Gasteiger partial charge in [0.25, 0.3) is 5.91 Å². The van der Waals surface area contributed by atoms with Crippen LogP contribution in [0.5, 0.6) is 0 Å². The summed E-state index contributed by atoms with van der Waals surface area (Å²) in [5.41, 5.74) is 1.77. The number of carbonyl (C=O) groups is 2. The minimum atomic E-state index is -0.793. The van der Waals surface area contributed by atoms with E-state index in [1.165, 1.54) is 12.1 Å². The molecule has 8 heteroatoms. The van der Waals surface area contributed by atoms with Crippen LogP contribution in [0.2, 0.25) is 0 Å². The van der Waals surface area contributed by atoms with E-state index in [9.17, 15) is 14.0 Å². The molecule has 2 aromatic carbocycles. The third-order valence-electron chi connectivity index (χ3n) is 5.55. The van der Waals surface area contributed by atoms with Gasteiger partial charge in [-0.15, -0.1) is 5.10 Å². The summed E-state index contributed by atoms with van der Waals surface area (Å²) in [6, 6.07) is 14.5. The van der Waals surface area contributed by atoms with Gasteiger partial charge in [0.05, 0.1) is 0 Å². The Morgan fingerprint density at radius 1 is 1.10 bits per heavy atom. The molecule has 31 heavy (non-hydrogen) atoms. The van der Waals surface area contributed by atoms with Gasteiger partial charge in [-0.3, -0.25) is 9.59 Å². The van der Waals surface area contributed by atoms with Crippen molar-refractivity contribution in [1.82, 2.24) is 19.8 Å². The SMILES string of the molecule is O=C(NCc1ccc(F)cc1)[C@@H](c1ccccc1)N(C(=O)c1csnn1)C1CCCC1. The first-order valence-electron chi connectivity index (χ1n) is 10.3. The lowest BCUT2D eigenvalue weighted by Crippen LogP contribution is -2.48. The van der Waals surface area contributed by atoms with Crippen molar-refractivity contribution in [3.63, 3.8) is 0 Å². The fourth-order valence-electron chi connectivity index (χ4n) is 4.03. The van der Waals surface area contributed by atoms with Crippen molar-refractivity contribution >= 4 is 23.3 Å². The topological polar surface area (TPSA) is 75.2 Å². The van der Waals surface area contributed by atoms with Gasteiger partial charge in [-0.1, -0.05) is 59.8 Å². The maximum absolute atomic E-state index is 13.4. The number of hydrogen-bond donors (Lipinski definition) is 1. The van der Waals surface area contributed by atoms with Crippen molar-refractivity contribution in [1.29, 1.82) is 0 Å². The molecule has 1 N–H and O–H groups in total. The molecule has 1 aromatic heterocycles. The summed E-state index contributed by atoms with van der Waals surface area (Å²) in [7, 11) is 0. The molecule has 0 saturated heterocycles. The van der Waals surface area contributed by atoms with E-state index in [-0.39, 0.29) is 35.9 Å². The van der Waals surface area contributed by atoms with Crippen molar-refractivity contribution in [3.05, 3.63) is 82.6 Å². The van der Waals surface area contributed by atoms with Crippen molar-refractivity contribution in [2.75, 3.05) is 0 Å². The molecule has 160 valence electrons. The number of halogens is 1. The molecule has 1 atom stereocenters. The Morgan fingerprint density at radius 2 is 1.81 bits per heavy atom. The Bertz CT molecular complexity index is 1010. The monoisotopic (exact) mass is 438 g/mol. The minimum absolute atomic E-state index is 0.0454. The zero-order valence-corrected chi connectivity index (χ0v) is 17.7. The summed E-state index contributed by atoms with van der Waals surface area (Å²) in [6.45, 7) is 0.243. The van der Waals surface area contributed by atoms with Gasteiger partial charge in [0.2, 0.25) is 5.91 Å². The quantitative estimate of drug-likeness (QED) is 0.602. The van der Waals surface area contributed by atoms with E-state index in [0.29, 0.717) is 0 Å². The highest BCUT2D eigenvalue weighted by molar-refractivity contribution is 7.03. The third-order valence-corrected chi connectivity index (χ3v) is 6.06. The maximum atomic E-state index is 13.4. The van der Waals surface area contributed by atoms with Gasteiger partial charge < -0.3 is 10.2 Å². The zero-order chi connectivity index (χ0) is 21.6. The molecule has 0 bridgehead atoms. The number of aromatic nitrogens is 2. The van der Waals surface area contributed by atoms with Crippen LogP contribution in [0.1, 0.15) is 53.3 Å². The summed E-state index contributed by atoms with van der Waals surface area (Å²) in [6.07, 6.45) is 3.72. The highest BCUT2D eigenvalue weighted by Gasteiger charge is 2.38. The molecule has 0 spiro atoms. The highest BCUT2D eigenvalue weighted by atomic mass is 32.1. The van der Waals surface area contributed by atoms with E-state index >= 15 is 0 Å². The van der Waals surface area contributed by atoms with Gasteiger partial charge in [0.1, 0.15) is 11.9 Å². The molecule has 1 heterocycles. The average Bonchev–Trinajstić information content (AvgIpc) is 3.51. The molecule has 1 saturated carbocycles. The zero-order valence-electron chi connectivity index (χ0n) is 16.9. The van der Waals surface area contributed by atoms with Crippen LogP contribution < -0.4 is 5.32 Å². The molecular weight excluding hydrogens is 415 g/mol. The molecule has 6 nitrogen and oxygen atoms in total. The summed E-state index contributed by atoms with van der Waals surface area (Å²) < 4.78 is 17.0. The lowest BCUT2D eigenvalue weighted by atomic mass is 10.0. The van der Waals surface area contributed by atoms with Gasteiger partial charge in [-0.25, -0.2) is 4.39 Å². The summed E-state index contributed by atoms with van der Waals surface area (Å²) >= 11 is 1.11. The maximum Gasteiger partial charge on any atom is 0.276 e. The Morgan fingerprint density at radius 3 is 2.45 bits per heavy atom. The molecule has 0 radical (unpaired) electrons. The second-order valence-corrected chi connectivity index (χ2v) is 8.21. The summed E-state index contributed by atoms with van der Waals surface area (Å²) in [5.74, 6) is -0.891. The van der Waals surface area contributed by atoms with Crippen LogP contribution in [0.4, 0.5) is 4.39 Å². The molecule has 2 amide bonds. The van der Waals surface area contributed by atoms with E-state index in [2.05, 4.69) is 14.9 Å². The van der Waals surface area contributed by atoms with Gasteiger partial charge in [-0.05, 0) is 47.6 Å². The normalized spacial score (nSPS) is 14.9. The smallest absolute Gasteiger partial charge is 0.276 e. The second-order valence-electron chi connectivity index (χ2n) is 7.60. The molecule has 4 rings (SSSR count). The molecule has 0 aliphatic heterocycles. The van der Waals surface area contributed by atoms with E-state index in [1.807, 2.05) is 30.3 Å². The number of nitrogens with zero attached hydrogens (tertiary/aromatic N) is 3. The Labute approximate surface area is 184 Å². The first kappa shape index (κ1) is 21.1. The van der Waals surface area contributed by atoms with Crippen molar-refractivity contribution in [2.45, 2.75) is 44.3 Å². The van der Waals surface area contributed by atoms with E-state index in [4.69, 9.17) is 0 Å². The van der Waals surface area contributed by atoms with Gasteiger partial charge in [0.15, 0.2) is 5.69 Å². The summed E-state index contributed by atoms with van der Waals surface area (Å²) in [4.78, 5) is 28.6. The molecule has 3 aromatic rings. The minimum Gasteiger partial charge on any atom is -0.350 e. The number of benzene rings is 2. The Balaban J connectivity index is 1.65. The Hall–Kier alpha value is -3.13. The lowest BCUT2D eigenvalue weighted by molar-refractivity contribution is -0.126. The van der Waals surface area contributed by atoms with Crippen molar-refractivity contribution < 1.29 is 14.0 Å². The molecule has 0 unspecified atom stereocenters. The number of carbonyl (C=O) groups excluding carboxylic acids is 2. The van der Waals surface area contributed by atoms with Crippen LogP contribution in [-0.4, -0.2) is 32.3 Å². The van der Waals surface area contributed by atoms with Gasteiger partial charge in [-0.2, -0.15) is 0 Å². The van der Waals surface area contributed by atoms with Crippen LogP contribution >= 0.6 is 11.5 Å². The number of amides is 2. The lowest BCUT2D eigenvalue weighted by Gasteiger charge is -2.35. The van der Waals surface area contributed by atoms with E-state index in [1.54, 1.807) is 22.4 Å². The fraction of sp³-hybridized carbons (Fsp3) is 0.304. The van der Waals surface area contributed by atoms with Crippen LogP contribution in [0.25, 0.3) is 0 Å². The molecule has 1 aliphatic rings. The standard InChI is InChI=1S/C23H23FN4O2S/c24-18-12-10-16(11-13-18)14-25-22(29)21(17-6-2-1-3-7-17)28(19-8-4-5-9-19)23(30)20-15-31-27-26-20/h1-3,6-7,10-13,15,19,21H,4-5,8-9,14H2,(H,25,29)/t21-/m1/s1. The number of rotatable bonds is 7. The fourth-order valence-corrected chi connectivity index (χ4v) is 4.46. The van der Waals surface area contributed by atoms with Crippen LogP contribution in [0, 0.1) is 5.82 Å². The molecule has 1 fully saturated rings. The number of nitrogens with one attached hydrogen (secondary N) is 1. The van der Waals surface area contributed by atoms with Gasteiger partial charge >= 0.3 is 0 Å². The Kier molecular flexibility index (Phi) is 6.66. The largest absolute Gasteiger partial charge is 0.350 e. The van der Waals surface area contributed by atoms with Crippen LogP contribution in [-0.2, 0) is 11.3 Å². The molecular formula is C23H23FN4O2S. The van der Waals surface area contributed by atoms with Crippen molar-refractivity contribution in [3.8, 4) is 0 Å². The van der Waals surface area contributed by atoms with E-state index in [0.717, 1.165) is 48.3 Å². The predicted octanol–water partition coefficient (Wildman–Crippen LogP) is 4.12. The second kappa shape index (κ2) is 9.78. The van der Waals surface area contributed by atoms with Gasteiger partial charge in [0, 0.05) is 18.0 Å². The summed E-state index contributed by atoms with van der Waals surface area (Å²) in [5, 5.41) is 8.50. The number of hydrogen-bond acceptors (Lipinski definition) is 5. The third kappa shape index (κ3) is 4.96. The highest BCUT2D eigenvalue weighted by Crippen LogP contribution is 2.33. The van der Waals surface area contributed by atoms with E-state index < -0.39 is 6.04 Å². The van der Waals surface area contributed by atoms with Crippen LogP contribution in [0.15, 0.2) is 60.0 Å². The van der Waals surface area contributed by atoms with Crippen molar-refractivity contribution in [2.24, 2.45) is 0 Å². The average molecular weight is 439 g/mol. The molecule has 1 aliphatic carbocycles. The predicted molar refractivity (Wildman–Crippen MR) is 116 cm³/mol. The first-order valence-corrected chi connectivity index (χ1v) is 11.1.